The SMILES string of the molecule is CCOCC(C)Oc1cc(C)c(Br)cn1. The topological polar surface area (TPSA) is 31.4 Å². The molecule has 0 bridgehead atoms. The van der Waals surface area contributed by atoms with E-state index in [0.29, 0.717) is 19.1 Å². The molecule has 1 aromatic heterocycles. The van der Waals surface area contributed by atoms with E-state index in [-0.39, 0.29) is 6.10 Å². The molecule has 0 aliphatic carbocycles. The molecule has 1 aromatic rings. The molecule has 4 heteroatoms. The zero-order valence-corrected chi connectivity index (χ0v) is 10.9. The molecule has 1 heterocycles. The van der Waals surface area contributed by atoms with Crippen molar-refractivity contribution in [2.45, 2.75) is 26.9 Å². The van der Waals surface area contributed by atoms with Gasteiger partial charge >= 0.3 is 0 Å². The van der Waals surface area contributed by atoms with Crippen LogP contribution in [0.4, 0.5) is 0 Å². The fourth-order valence-corrected chi connectivity index (χ4v) is 1.32. The van der Waals surface area contributed by atoms with Gasteiger partial charge in [-0.3, -0.25) is 0 Å². The molecule has 15 heavy (non-hydrogen) atoms. The lowest BCUT2D eigenvalue weighted by Crippen LogP contribution is -2.19. The zero-order chi connectivity index (χ0) is 11.3. The summed E-state index contributed by atoms with van der Waals surface area (Å²) in [5.41, 5.74) is 1.11. The summed E-state index contributed by atoms with van der Waals surface area (Å²) in [5.74, 6) is 0.642. The summed E-state index contributed by atoms with van der Waals surface area (Å²) >= 11 is 3.39. The predicted octanol–water partition coefficient (Wildman–Crippen LogP) is 2.96. The van der Waals surface area contributed by atoms with Crippen LogP contribution in [0.2, 0.25) is 0 Å². The van der Waals surface area contributed by atoms with Gasteiger partial charge in [0, 0.05) is 23.3 Å². The summed E-state index contributed by atoms with van der Waals surface area (Å²) in [6, 6.07) is 1.91. The van der Waals surface area contributed by atoms with Gasteiger partial charge in [0.05, 0.1) is 6.61 Å². The average molecular weight is 274 g/mol. The molecule has 0 N–H and O–H groups in total. The third-order valence-corrected chi connectivity index (χ3v) is 2.73. The summed E-state index contributed by atoms with van der Waals surface area (Å²) in [5, 5.41) is 0. The molecule has 3 nitrogen and oxygen atoms in total. The van der Waals surface area contributed by atoms with Crippen molar-refractivity contribution >= 4 is 15.9 Å². The summed E-state index contributed by atoms with van der Waals surface area (Å²) in [4.78, 5) is 4.16. The summed E-state index contributed by atoms with van der Waals surface area (Å²) in [6.07, 6.45) is 1.77. The molecule has 0 aliphatic heterocycles. The van der Waals surface area contributed by atoms with Gasteiger partial charge in [-0.05, 0) is 42.3 Å². The molecule has 0 spiro atoms. The molecule has 84 valence electrons. The lowest BCUT2D eigenvalue weighted by molar-refractivity contribution is 0.0633. The number of nitrogens with zero attached hydrogens (tertiary/aromatic N) is 1. The van der Waals surface area contributed by atoms with Crippen LogP contribution in [0, 0.1) is 6.92 Å². The summed E-state index contributed by atoms with van der Waals surface area (Å²) < 4.78 is 11.8. The van der Waals surface area contributed by atoms with Crippen LogP contribution in [0.5, 0.6) is 5.88 Å². The molecule has 0 aromatic carbocycles. The fourth-order valence-electron chi connectivity index (χ4n) is 1.10. The third-order valence-electron chi connectivity index (χ3n) is 1.90. The Morgan fingerprint density at radius 1 is 1.53 bits per heavy atom. The minimum absolute atomic E-state index is 0.0259. The third kappa shape index (κ3) is 4.18. The number of aromatic nitrogens is 1. The number of rotatable bonds is 5. The summed E-state index contributed by atoms with van der Waals surface area (Å²) in [7, 11) is 0. The molecule has 0 amide bonds. The van der Waals surface area contributed by atoms with Crippen LogP contribution in [0.15, 0.2) is 16.7 Å². The van der Waals surface area contributed by atoms with E-state index >= 15 is 0 Å². The van der Waals surface area contributed by atoms with Gasteiger partial charge in [-0.2, -0.15) is 0 Å². The van der Waals surface area contributed by atoms with Crippen LogP contribution < -0.4 is 4.74 Å². The van der Waals surface area contributed by atoms with Crippen molar-refractivity contribution in [2.24, 2.45) is 0 Å². The second-order valence-electron chi connectivity index (χ2n) is 3.36. The van der Waals surface area contributed by atoms with Crippen LogP contribution in [0.1, 0.15) is 19.4 Å². The van der Waals surface area contributed by atoms with Gasteiger partial charge in [0.15, 0.2) is 0 Å². The van der Waals surface area contributed by atoms with Gasteiger partial charge in [0.2, 0.25) is 5.88 Å². The van der Waals surface area contributed by atoms with Gasteiger partial charge < -0.3 is 9.47 Å². The fraction of sp³-hybridized carbons (Fsp3) is 0.545. The highest BCUT2D eigenvalue weighted by Gasteiger charge is 2.05. The summed E-state index contributed by atoms with van der Waals surface area (Å²) in [6.45, 7) is 7.24. The minimum atomic E-state index is 0.0259. The molecular weight excluding hydrogens is 258 g/mol. The number of hydrogen-bond acceptors (Lipinski definition) is 3. The van der Waals surface area contributed by atoms with E-state index in [1.54, 1.807) is 6.20 Å². The number of ether oxygens (including phenoxy) is 2. The molecule has 0 saturated carbocycles. The Balaban J connectivity index is 2.53. The van der Waals surface area contributed by atoms with E-state index in [2.05, 4.69) is 20.9 Å². The Morgan fingerprint density at radius 2 is 2.27 bits per heavy atom. The van der Waals surface area contributed by atoms with E-state index in [4.69, 9.17) is 9.47 Å². The van der Waals surface area contributed by atoms with Gasteiger partial charge in [-0.1, -0.05) is 0 Å². The highest BCUT2D eigenvalue weighted by atomic mass is 79.9. The van der Waals surface area contributed by atoms with Gasteiger partial charge in [-0.15, -0.1) is 0 Å². The first-order valence-corrected chi connectivity index (χ1v) is 5.79. The predicted molar refractivity (Wildman–Crippen MR) is 63.3 cm³/mol. The second-order valence-corrected chi connectivity index (χ2v) is 4.21. The number of halogens is 1. The molecule has 0 saturated heterocycles. The molecule has 1 unspecified atom stereocenters. The maximum absolute atomic E-state index is 5.60. The zero-order valence-electron chi connectivity index (χ0n) is 9.29. The van der Waals surface area contributed by atoms with Crippen molar-refractivity contribution in [2.75, 3.05) is 13.2 Å². The lowest BCUT2D eigenvalue weighted by Gasteiger charge is -2.13. The van der Waals surface area contributed by atoms with Crippen LogP contribution in [0.3, 0.4) is 0 Å². The van der Waals surface area contributed by atoms with E-state index in [1.807, 2.05) is 26.8 Å². The maximum atomic E-state index is 5.60. The first-order valence-electron chi connectivity index (χ1n) is 5.00. The van der Waals surface area contributed by atoms with Gasteiger partial charge in [-0.25, -0.2) is 4.98 Å². The van der Waals surface area contributed by atoms with E-state index in [9.17, 15) is 0 Å². The number of hydrogen-bond donors (Lipinski definition) is 0. The van der Waals surface area contributed by atoms with E-state index in [0.717, 1.165) is 10.0 Å². The Hall–Kier alpha value is -0.610. The van der Waals surface area contributed by atoms with Crippen molar-refractivity contribution in [3.05, 3.63) is 22.3 Å². The normalized spacial score (nSPS) is 12.5. The van der Waals surface area contributed by atoms with Crippen molar-refractivity contribution in [1.29, 1.82) is 0 Å². The van der Waals surface area contributed by atoms with Crippen LogP contribution in [-0.4, -0.2) is 24.3 Å². The molecule has 0 radical (unpaired) electrons. The Kier molecular flexibility index (Phi) is 5.05. The highest BCUT2D eigenvalue weighted by molar-refractivity contribution is 9.10. The monoisotopic (exact) mass is 273 g/mol. The van der Waals surface area contributed by atoms with Crippen molar-refractivity contribution in [3.8, 4) is 5.88 Å². The minimum Gasteiger partial charge on any atom is -0.472 e. The Bertz CT molecular complexity index is 317. The molecule has 1 atom stereocenters. The van der Waals surface area contributed by atoms with Crippen LogP contribution >= 0.6 is 15.9 Å². The van der Waals surface area contributed by atoms with E-state index < -0.39 is 0 Å². The van der Waals surface area contributed by atoms with Crippen molar-refractivity contribution in [3.63, 3.8) is 0 Å². The van der Waals surface area contributed by atoms with Gasteiger partial charge in [0.25, 0.3) is 0 Å². The standard InChI is InChI=1S/C11H16BrNO2/c1-4-14-7-9(3)15-11-5-8(2)10(12)6-13-11/h5-6,9H,4,7H2,1-3H3. The molecule has 0 aliphatic rings. The average Bonchev–Trinajstić information content (AvgIpc) is 2.20. The lowest BCUT2D eigenvalue weighted by atomic mass is 10.3. The Morgan fingerprint density at radius 3 is 2.87 bits per heavy atom. The first kappa shape index (κ1) is 12.5. The smallest absolute Gasteiger partial charge is 0.213 e. The second kappa shape index (κ2) is 6.08. The number of aryl methyl sites for hydroxylation is 1. The van der Waals surface area contributed by atoms with Crippen molar-refractivity contribution in [1.82, 2.24) is 4.98 Å². The Labute approximate surface area is 98.9 Å². The van der Waals surface area contributed by atoms with Crippen LogP contribution in [0.25, 0.3) is 0 Å². The molecular formula is C11H16BrNO2. The largest absolute Gasteiger partial charge is 0.472 e. The highest BCUT2D eigenvalue weighted by Crippen LogP contribution is 2.19. The first-order chi connectivity index (χ1) is 7.13. The van der Waals surface area contributed by atoms with Crippen molar-refractivity contribution < 1.29 is 9.47 Å². The molecule has 0 fully saturated rings. The maximum Gasteiger partial charge on any atom is 0.213 e. The van der Waals surface area contributed by atoms with E-state index in [1.165, 1.54) is 0 Å². The van der Waals surface area contributed by atoms with Gasteiger partial charge in [0.1, 0.15) is 6.10 Å². The molecule has 1 rings (SSSR count). The quantitative estimate of drug-likeness (QED) is 0.827. The number of pyridine rings is 1. The van der Waals surface area contributed by atoms with Crippen LogP contribution in [-0.2, 0) is 4.74 Å².